The summed E-state index contributed by atoms with van der Waals surface area (Å²) in [6.45, 7) is 0. The van der Waals surface area contributed by atoms with Gasteiger partial charge < -0.3 is 10.3 Å². The van der Waals surface area contributed by atoms with Crippen molar-refractivity contribution in [2.75, 3.05) is 0 Å². The molecule has 0 aliphatic heterocycles. The second-order valence-electron chi connectivity index (χ2n) is 5.19. The summed E-state index contributed by atoms with van der Waals surface area (Å²) in [6.07, 6.45) is 8.75. The lowest BCUT2D eigenvalue weighted by molar-refractivity contribution is 0.310. The molecule has 2 saturated carbocycles. The Bertz CT molecular complexity index is 353. The van der Waals surface area contributed by atoms with E-state index in [4.69, 9.17) is 10.3 Å². The zero-order valence-corrected chi connectivity index (χ0v) is 9.56. The maximum Gasteiger partial charge on any atom is 0.229 e. The molecule has 0 spiro atoms. The number of nitrogens with zero attached hydrogens (tertiary/aromatic N) is 2. The molecule has 1 unspecified atom stereocenters. The summed E-state index contributed by atoms with van der Waals surface area (Å²) in [5.41, 5.74) is 6.06. The van der Waals surface area contributed by atoms with Gasteiger partial charge in [0, 0.05) is 5.92 Å². The van der Waals surface area contributed by atoms with Crippen molar-refractivity contribution in [1.29, 1.82) is 0 Å². The van der Waals surface area contributed by atoms with Crippen LogP contribution in [0, 0.1) is 5.92 Å². The predicted octanol–water partition coefficient (Wildman–Crippen LogP) is 2.53. The first-order chi connectivity index (χ1) is 7.84. The Morgan fingerprint density at radius 3 is 2.56 bits per heavy atom. The van der Waals surface area contributed by atoms with Crippen LogP contribution in [0.5, 0.6) is 0 Å². The summed E-state index contributed by atoms with van der Waals surface area (Å²) in [5, 5.41) is 4.04. The normalized spacial score (nSPS) is 24.6. The number of hydrogen-bond acceptors (Lipinski definition) is 4. The third-order valence-electron chi connectivity index (χ3n) is 3.84. The van der Waals surface area contributed by atoms with E-state index in [2.05, 4.69) is 10.1 Å². The van der Waals surface area contributed by atoms with Crippen molar-refractivity contribution < 1.29 is 4.52 Å². The lowest BCUT2D eigenvalue weighted by Crippen LogP contribution is -2.14. The average Bonchev–Trinajstić information content (AvgIpc) is 3.07. The lowest BCUT2D eigenvalue weighted by atomic mass is 9.89. The Morgan fingerprint density at radius 1 is 1.12 bits per heavy atom. The van der Waals surface area contributed by atoms with Gasteiger partial charge in [-0.05, 0) is 31.6 Å². The summed E-state index contributed by atoms with van der Waals surface area (Å²) >= 11 is 0. The van der Waals surface area contributed by atoms with Crippen molar-refractivity contribution in [3.8, 4) is 0 Å². The summed E-state index contributed by atoms with van der Waals surface area (Å²) in [7, 11) is 0. The van der Waals surface area contributed by atoms with E-state index in [1.165, 1.54) is 44.9 Å². The highest BCUT2D eigenvalue weighted by Gasteiger charge is 2.33. The van der Waals surface area contributed by atoms with Crippen LogP contribution in [0.1, 0.15) is 68.6 Å². The highest BCUT2D eigenvalue weighted by atomic mass is 16.5. The van der Waals surface area contributed by atoms with Crippen LogP contribution in [0.4, 0.5) is 0 Å². The molecule has 4 heteroatoms. The van der Waals surface area contributed by atoms with Crippen LogP contribution in [0.25, 0.3) is 0 Å². The maximum atomic E-state index is 6.06. The minimum absolute atomic E-state index is 0.00101. The van der Waals surface area contributed by atoms with Gasteiger partial charge in [0.1, 0.15) is 0 Å². The molecule has 88 valence electrons. The van der Waals surface area contributed by atoms with E-state index in [1.807, 2.05) is 0 Å². The highest BCUT2D eigenvalue weighted by Crippen LogP contribution is 2.39. The maximum absolute atomic E-state index is 6.06. The fourth-order valence-electron chi connectivity index (χ4n) is 2.56. The zero-order valence-electron chi connectivity index (χ0n) is 9.56. The van der Waals surface area contributed by atoms with E-state index >= 15 is 0 Å². The fourth-order valence-corrected chi connectivity index (χ4v) is 2.56. The predicted molar refractivity (Wildman–Crippen MR) is 59.8 cm³/mol. The Hall–Kier alpha value is -0.900. The van der Waals surface area contributed by atoms with Crippen molar-refractivity contribution in [3.05, 3.63) is 11.7 Å². The average molecular weight is 221 g/mol. The van der Waals surface area contributed by atoms with Crippen LogP contribution in [-0.4, -0.2) is 10.1 Å². The molecule has 1 heterocycles. The van der Waals surface area contributed by atoms with Gasteiger partial charge in [-0.2, -0.15) is 4.98 Å². The second kappa shape index (κ2) is 4.17. The minimum Gasteiger partial charge on any atom is -0.339 e. The SMILES string of the molecule is NC(c1noc(C2CCCCC2)n1)C1CC1. The summed E-state index contributed by atoms with van der Waals surface area (Å²) < 4.78 is 5.36. The van der Waals surface area contributed by atoms with Crippen LogP contribution in [0.3, 0.4) is 0 Å². The molecule has 2 N–H and O–H groups in total. The van der Waals surface area contributed by atoms with Crippen LogP contribution >= 0.6 is 0 Å². The van der Waals surface area contributed by atoms with Gasteiger partial charge in [-0.3, -0.25) is 0 Å². The van der Waals surface area contributed by atoms with E-state index < -0.39 is 0 Å². The monoisotopic (exact) mass is 221 g/mol. The Morgan fingerprint density at radius 2 is 1.88 bits per heavy atom. The van der Waals surface area contributed by atoms with E-state index in [0.717, 1.165) is 11.7 Å². The van der Waals surface area contributed by atoms with Crippen LogP contribution < -0.4 is 5.73 Å². The molecule has 0 radical (unpaired) electrons. The third kappa shape index (κ3) is 1.98. The van der Waals surface area contributed by atoms with Gasteiger partial charge in [-0.25, -0.2) is 0 Å². The molecule has 0 saturated heterocycles. The van der Waals surface area contributed by atoms with Crippen molar-refractivity contribution in [2.45, 2.75) is 56.9 Å². The molecule has 0 aromatic carbocycles. The van der Waals surface area contributed by atoms with E-state index in [-0.39, 0.29) is 6.04 Å². The topological polar surface area (TPSA) is 64.9 Å². The Labute approximate surface area is 95.6 Å². The summed E-state index contributed by atoms with van der Waals surface area (Å²) in [6, 6.07) is 0.00101. The van der Waals surface area contributed by atoms with Crippen molar-refractivity contribution in [2.24, 2.45) is 11.7 Å². The van der Waals surface area contributed by atoms with E-state index in [9.17, 15) is 0 Å². The largest absolute Gasteiger partial charge is 0.339 e. The van der Waals surface area contributed by atoms with Crippen LogP contribution in [0.2, 0.25) is 0 Å². The molecular formula is C12H19N3O. The van der Waals surface area contributed by atoms with Crippen molar-refractivity contribution in [3.63, 3.8) is 0 Å². The van der Waals surface area contributed by atoms with Gasteiger partial charge in [0.15, 0.2) is 5.82 Å². The first-order valence-corrected chi connectivity index (χ1v) is 6.43. The minimum atomic E-state index is 0.00101. The van der Waals surface area contributed by atoms with Crippen molar-refractivity contribution in [1.82, 2.24) is 10.1 Å². The number of rotatable bonds is 3. The summed E-state index contributed by atoms with van der Waals surface area (Å²) in [5.74, 6) is 2.63. The molecule has 1 atom stereocenters. The smallest absolute Gasteiger partial charge is 0.229 e. The van der Waals surface area contributed by atoms with Gasteiger partial charge in [0.05, 0.1) is 6.04 Å². The lowest BCUT2D eigenvalue weighted by Gasteiger charge is -2.17. The molecule has 4 nitrogen and oxygen atoms in total. The molecule has 0 bridgehead atoms. The van der Waals surface area contributed by atoms with Gasteiger partial charge in [0.2, 0.25) is 5.89 Å². The molecular weight excluding hydrogens is 202 g/mol. The summed E-state index contributed by atoms with van der Waals surface area (Å²) in [4.78, 5) is 4.49. The van der Waals surface area contributed by atoms with Crippen LogP contribution in [0.15, 0.2) is 4.52 Å². The quantitative estimate of drug-likeness (QED) is 0.851. The second-order valence-corrected chi connectivity index (χ2v) is 5.19. The van der Waals surface area contributed by atoms with Gasteiger partial charge >= 0.3 is 0 Å². The Kier molecular flexibility index (Phi) is 2.67. The number of hydrogen-bond donors (Lipinski definition) is 1. The molecule has 1 aromatic rings. The third-order valence-corrected chi connectivity index (χ3v) is 3.84. The van der Waals surface area contributed by atoms with Crippen molar-refractivity contribution >= 4 is 0 Å². The first-order valence-electron chi connectivity index (χ1n) is 6.43. The molecule has 2 fully saturated rings. The molecule has 16 heavy (non-hydrogen) atoms. The first kappa shape index (κ1) is 10.3. The van der Waals surface area contributed by atoms with E-state index in [1.54, 1.807) is 0 Å². The van der Waals surface area contributed by atoms with E-state index in [0.29, 0.717) is 11.8 Å². The molecule has 1 aromatic heterocycles. The van der Waals surface area contributed by atoms with Crippen LogP contribution in [-0.2, 0) is 0 Å². The zero-order chi connectivity index (χ0) is 11.0. The molecule has 2 aliphatic carbocycles. The Balaban J connectivity index is 1.70. The highest BCUT2D eigenvalue weighted by molar-refractivity contribution is 5.02. The van der Waals surface area contributed by atoms with Gasteiger partial charge in [0.25, 0.3) is 0 Å². The van der Waals surface area contributed by atoms with Gasteiger partial charge in [-0.1, -0.05) is 24.4 Å². The molecule has 3 rings (SSSR count). The number of nitrogens with two attached hydrogens (primary N) is 1. The molecule has 0 amide bonds. The molecule has 2 aliphatic rings. The fraction of sp³-hybridized carbons (Fsp3) is 0.833. The number of aromatic nitrogens is 2. The van der Waals surface area contributed by atoms with Gasteiger partial charge in [-0.15, -0.1) is 0 Å². The standard InChI is InChI=1S/C12H19N3O/c13-10(8-6-7-8)11-14-12(16-15-11)9-4-2-1-3-5-9/h8-10H,1-7,13H2.